The number of halogens is 2. The van der Waals surface area contributed by atoms with Gasteiger partial charge in [-0.3, -0.25) is 4.90 Å². The average Bonchev–Trinajstić information content (AvgIpc) is 2.97. The number of nitrogens with two attached hydrogens (primary N) is 1. The summed E-state index contributed by atoms with van der Waals surface area (Å²) in [6.07, 6.45) is 3.24. The fraction of sp³-hybridized carbons (Fsp3) is 0.583. The lowest BCUT2D eigenvalue weighted by atomic mass is 10.1. The highest BCUT2D eigenvalue weighted by molar-refractivity contribution is 5.47. The van der Waals surface area contributed by atoms with E-state index in [2.05, 4.69) is 20.6 Å². The molecule has 1 aromatic rings. The number of nitrogen functional groups attached to an aromatic ring is 1. The summed E-state index contributed by atoms with van der Waals surface area (Å²) in [6, 6.07) is 1.40. The van der Waals surface area contributed by atoms with Crippen LogP contribution in [0.1, 0.15) is 19.3 Å². The molecular formula is C12H17F2N5. The Morgan fingerprint density at radius 2 is 2.00 bits per heavy atom. The zero-order valence-electron chi connectivity index (χ0n) is 10.5. The molecule has 3 rings (SSSR count). The first-order valence-electron chi connectivity index (χ1n) is 6.52. The highest BCUT2D eigenvalue weighted by Gasteiger charge is 2.37. The lowest BCUT2D eigenvalue weighted by Gasteiger charge is -2.22. The van der Waals surface area contributed by atoms with Gasteiger partial charge >= 0.3 is 0 Å². The Balaban J connectivity index is 1.79. The molecule has 5 nitrogen and oxygen atoms in total. The first-order valence-corrected chi connectivity index (χ1v) is 6.52. The molecule has 4 N–H and O–H groups in total. The molecule has 2 fully saturated rings. The largest absolute Gasteiger partial charge is 0.363 e. The van der Waals surface area contributed by atoms with Crippen LogP contribution in [-0.2, 0) is 0 Å². The second-order valence-electron chi connectivity index (χ2n) is 5.08. The molecule has 2 atom stereocenters. The molecular weight excluding hydrogens is 252 g/mol. The summed E-state index contributed by atoms with van der Waals surface area (Å²) < 4.78 is 27.0. The van der Waals surface area contributed by atoms with E-state index >= 15 is 0 Å². The molecule has 3 heterocycles. The molecule has 2 aliphatic rings. The van der Waals surface area contributed by atoms with Gasteiger partial charge in [-0.25, -0.2) is 19.6 Å². The van der Waals surface area contributed by atoms with E-state index in [1.807, 2.05) is 0 Å². The monoisotopic (exact) mass is 269 g/mol. The quantitative estimate of drug-likeness (QED) is 0.570. The molecule has 0 spiro atoms. The first-order chi connectivity index (χ1) is 9.19. The molecule has 0 aliphatic carbocycles. The van der Waals surface area contributed by atoms with E-state index in [0.29, 0.717) is 6.04 Å². The number of rotatable bonds is 3. The van der Waals surface area contributed by atoms with Gasteiger partial charge in [0.15, 0.2) is 23.3 Å². The topological polar surface area (TPSA) is 66.2 Å². The highest BCUT2D eigenvalue weighted by atomic mass is 19.1. The van der Waals surface area contributed by atoms with Crippen LogP contribution in [0, 0.1) is 11.6 Å². The second-order valence-corrected chi connectivity index (χ2v) is 5.08. The number of aromatic nitrogens is 1. The predicted molar refractivity (Wildman–Crippen MR) is 68.6 cm³/mol. The van der Waals surface area contributed by atoms with Crippen molar-refractivity contribution in [1.82, 2.24) is 9.88 Å². The lowest BCUT2D eigenvalue weighted by molar-refractivity contribution is 0.318. The van der Waals surface area contributed by atoms with E-state index in [4.69, 9.17) is 5.84 Å². The van der Waals surface area contributed by atoms with Gasteiger partial charge in [0.25, 0.3) is 0 Å². The van der Waals surface area contributed by atoms with Crippen LogP contribution < -0.4 is 16.6 Å². The van der Waals surface area contributed by atoms with Gasteiger partial charge in [-0.05, 0) is 25.8 Å². The van der Waals surface area contributed by atoms with Gasteiger partial charge in [-0.15, -0.1) is 0 Å². The molecule has 1 aromatic heterocycles. The van der Waals surface area contributed by atoms with E-state index < -0.39 is 11.6 Å². The van der Waals surface area contributed by atoms with Crippen LogP contribution in [0.3, 0.4) is 0 Å². The van der Waals surface area contributed by atoms with Crippen molar-refractivity contribution in [3.63, 3.8) is 0 Å². The maximum atomic E-state index is 13.7. The normalized spacial score (nSPS) is 26.5. The third-order valence-electron chi connectivity index (χ3n) is 3.99. The molecule has 0 amide bonds. The lowest BCUT2D eigenvalue weighted by Crippen LogP contribution is -2.34. The minimum absolute atomic E-state index is 0.0631. The van der Waals surface area contributed by atoms with E-state index in [0.717, 1.165) is 32.0 Å². The smallest absolute Gasteiger partial charge is 0.178 e. The molecule has 0 bridgehead atoms. The Hall–Kier alpha value is -1.47. The summed E-state index contributed by atoms with van der Waals surface area (Å²) in [5.74, 6) is 3.59. The number of hydrogen-bond acceptors (Lipinski definition) is 5. The predicted octanol–water partition coefficient (Wildman–Crippen LogP) is 1.29. The van der Waals surface area contributed by atoms with Crippen molar-refractivity contribution < 1.29 is 8.78 Å². The van der Waals surface area contributed by atoms with Crippen LogP contribution in [0.15, 0.2) is 6.07 Å². The van der Waals surface area contributed by atoms with Gasteiger partial charge in [0.2, 0.25) is 0 Å². The van der Waals surface area contributed by atoms with Crippen molar-refractivity contribution in [1.29, 1.82) is 0 Å². The van der Waals surface area contributed by atoms with Crippen molar-refractivity contribution in [2.24, 2.45) is 5.84 Å². The summed E-state index contributed by atoms with van der Waals surface area (Å²) in [4.78, 5) is 6.26. The van der Waals surface area contributed by atoms with Gasteiger partial charge in [0, 0.05) is 24.7 Å². The minimum atomic E-state index is -0.792. The molecule has 7 heteroatoms. The standard InChI is InChI=1S/C12H17F2N5/c13-7-6-8(14)12(18-15)17-11(7)16-9-3-5-19-4-1-2-10(9)19/h6,9-10H,1-5,15H2,(H2,16,17,18). The van der Waals surface area contributed by atoms with Gasteiger partial charge in [0.05, 0.1) is 0 Å². The van der Waals surface area contributed by atoms with Crippen molar-refractivity contribution in [3.05, 3.63) is 17.7 Å². The van der Waals surface area contributed by atoms with Crippen LogP contribution in [0.25, 0.3) is 0 Å². The number of nitrogens with one attached hydrogen (secondary N) is 2. The Bertz CT molecular complexity index is 481. The van der Waals surface area contributed by atoms with Crippen molar-refractivity contribution in [2.75, 3.05) is 23.8 Å². The van der Waals surface area contributed by atoms with Gasteiger partial charge < -0.3 is 10.7 Å². The number of nitrogens with zero attached hydrogens (tertiary/aromatic N) is 2. The van der Waals surface area contributed by atoms with E-state index in [1.165, 1.54) is 6.42 Å². The third-order valence-corrected chi connectivity index (χ3v) is 3.99. The summed E-state index contributed by atoms with van der Waals surface area (Å²) in [5.41, 5.74) is 2.13. The van der Waals surface area contributed by atoms with Crippen LogP contribution in [0.4, 0.5) is 20.4 Å². The van der Waals surface area contributed by atoms with E-state index in [1.54, 1.807) is 0 Å². The Morgan fingerprint density at radius 3 is 2.79 bits per heavy atom. The number of fused-ring (bicyclic) bond motifs is 1. The fourth-order valence-electron chi connectivity index (χ4n) is 3.10. The summed E-state index contributed by atoms with van der Waals surface area (Å²) in [7, 11) is 0. The molecule has 104 valence electrons. The fourth-order valence-corrected chi connectivity index (χ4v) is 3.10. The molecule has 2 unspecified atom stereocenters. The maximum Gasteiger partial charge on any atom is 0.178 e. The van der Waals surface area contributed by atoms with Crippen LogP contribution in [0.2, 0.25) is 0 Å². The van der Waals surface area contributed by atoms with Crippen LogP contribution in [0.5, 0.6) is 0 Å². The summed E-state index contributed by atoms with van der Waals surface area (Å²) in [6.45, 7) is 2.13. The molecule has 0 saturated carbocycles. The highest BCUT2D eigenvalue weighted by Crippen LogP contribution is 2.30. The van der Waals surface area contributed by atoms with Crippen molar-refractivity contribution in [3.8, 4) is 0 Å². The SMILES string of the molecule is NNc1nc(NC2CCN3CCCC23)c(F)cc1F. The summed E-state index contributed by atoms with van der Waals surface area (Å²) >= 11 is 0. The third kappa shape index (κ3) is 2.23. The number of hydrogen-bond donors (Lipinski definition) is 3. The minimum Gasteiger partial charge on any atom is -0.363 e. The second kappa shape index (κ2) is 4.90. The van der Waals surface area contributed by atoms with Crippen molar-refractivity contribution >= 4 is 11.6 Å². The molecule has 0 aromatic carbocycles. The number of pyridine rings is 1. The number of hydrazine groups is 1. The Labute approximate surface area is 110 Å². The average molecular weight is 269 g/mol. The summed E-state index contributed by atoms with van der Waals surface area (Å²) in [5, 5.41) is 3.09. The molecule has 19 heavy (non-hydrogen) atoms. The molecule has 2 aliphatic heterocycles. The zero-order valence-corrected chi connectivity index (χ0v) is 10.5. The number of anilines is 2. The maximum absolute atomic E-state index is 13.7. The Kier molecular flexibility index (Phi) is 3.24. The van der Waals surface area contributed by atoms with Crippen molar-refractivity contribution in [2.45, 2.75) is 31.3 Å². The molecule has 0 radical (unpaired) electrons. The molecule has 2 saturated heterocycles. The van der Waals surface area contributed by atoms with Crippen LogP contribution in [-0.4, -0.2) is 35.1 Å². The zero-order chi connectivity index (χ0) is 13.4. The van der Waals surface area contributed by atoms with E-state index in [9.17, 15) is 8.78 Å². The first kappa shape index (κ1) is 12.6. The Morgan fingerprint density at radius 1 is 1.21 bits per heavy atom. The van der Waals surface area contributed by atoms with Crippen LogP contribution >= 0.6 is 0 Å². The van der Waals surface area contributed by atoms with Gasteiger partial charge in [0.1, 0.15) is 0 Å². The van der Waals surface area contributed by atoms with E-state index in [-0.39, 0.29) is 17.7 Å². The van der Waals surface area contributed by atoms with Gasteiger partial charge in [-0.2, -0.15) is 0 Å². The van der Waals surface area contributed by atoms with Gasteiger partial charge in [-0.1, -0.05) is 0 Å².